The first-order chi connectivity index (χ1) is 9.65. The molecule has 1 aliphatic heterocycles. The molecular formula is C15H17FN4. The molecule has 2 aromatic rings. The van der Waals surface area contributed by atoms with Crippen LogP contribution in [0.1, 0.15) is 19.8 Å². The van der Waals surface area contributed by atoms with Crippen LogP contribution in [0.25, 0.3) is 11.4 Å². The summed E-state index contributed by atoms with van der Waals surface area (Å²) in [5.74, 6) is 0.597. The quantitative estimate of drug-likeness (QED) is 0.913. The number of anilines is 2. The third-order valence-corrected chi connectivity index (χ3v) is 3.75. The third kappa shape index (κ3) is 2.31. The van der Waals surface area contributed by atoms with Gasteiger partial charge in [-0.2, -0.15) is 0 Å². The van der Waals surface area contributed by atoms with Gasteiger partial charge < -0.3 is 10.6 Å². The van der Waals surface area contributed by atoms with E-state index in [4.69, 9.17) is 5.73 Å². The average Bonchev–Trinajstić information content (AvgIpc) is 2.85. The van der Waals surface area contributed by atoms with Crippen molar-refractivity contribution in [2.75, 3.05) is 17.2 Å². The van der Waals surface area contributed by atoms with Crippen molar-refractivity contribution in [1.29, 1.82) is 0 Å². The number of halogens is 1. The number of hydrogen-bond acceptors (Lipinski definition) is 4. The Balaban J connectivity index is 1.95. The molecule has 3 rings (SSSR count). The summed E-state index contributed by atoms with van der Waals surface area (Å²) < 4.78 is 14.3. The number of nitrogens with zero attached hydrogens (tertiary/aromatic N) is 3. The summed E-state index contributed by atoms with van der Waals surface area (Å²) in [5.41, 5.74) is 6.93. The Hall–Kier alpha value is -2.17. The maximum absolute atomic E-state index is 14.3. The first kappa shape index (κ1) is 12.8. The second-order valence-corrected chi connectivity index (χ2v) is 5.16. The second-order valence-electron chi connectivity index (χ2n) is 5.16. The van der Waals surface area contributed by atoms with Crippen molar-refractivity contribution in [3.8, 4) is 11.4 Å². The van der Waals surface area contributed by atoms with Crippen molar-refractivity contribution in [3.63, 3.8) is 0 Å². The molecule has 2 heterocycles. The molecule has 1 aromatic carbocycles. The van der Waals surface area contributed by atoms with Gasteiger partial charge in [0.05, 0.1) is 5.69 Å². The minimum absolute atomic E-state index is 0.234. The van der Waals surface area contributed by atoms with Gasteiger partial charge in [0.15, 0.2) is 5.82 Å². The molecule has 0 unspecified atom stereocenters. The molecule has 104 valence electrons. The summed E-state index contributed by atoms with van der Waals surface area (Å²) in [4.78, 5) is 10.3. The van der Waals surface area contributed by atoms with Crippen LogP contribution in [-0.2, 0) is 0 Å². The number of benzene rings is 1. The van der Waals surface area contributed by atoms with E-state index in [-0.39, 0.29) is 5.82 Å². The van der Waals surface area contributed by atoms with E-state index in [1.807, 2.05) is 6.07 Å². The summed E-state index contributed by atoms with van der Waals surface area (Å²) in [6, 6.07) is 7.13. The Labute approximate surface area is 117 Å². The lowest BCUT2D eigenvalue weighted by Crippen LogP contribution is -2.27. The SMILES string of the molecule is C[C@H]1CCCN1c1ccc(-c2nccc(N)n2)cc1F. The van der Waals surface area contributed by atoms with Crippen LogP contribution in [0.5, 0.6) is 0 Å². The second kappa shape index (κ2) is 5.07. The number of nitrogens with two attached hydrogens (primary N) is 1. The topological polar surface area (TPSA) is 55.0 Å². The molecule has 0 spiro atoms. The molecule has 0 amide bonds. The Kier molecular flexibility index (Phi) is 3.26. The molecule has 1 aliphatic rings. The first-order valence-corrected chi connectivity index (χ1v) is 6.80. The zero-order valence-electron chi connectivity index (χ0n) is 11.4. The number of hydrogen-bond donors (Lipinski definition) is 1. The van der Waals surface area contributed by atoms with Crippen molar-refractivity contribution >= 4 is 11.5 Å². The van der Waals surface area contributed by atoms with E-state index in [0.717, 1.165) is 19.4 Å². The lowest BCUT2D eigenvalue weighted by molar-refractivity contribution is 0.614. The molecule has 2 N–H and O–H groups in total. The minimum atomic E-state index is -0.234. The fourth-order valence-corrected chi connectivity index (χ4v) is 2.68. The predicted molar refractivity (Wildman–Crippen MR) is 77.9 cm³/mol. The smallest absolute Gasteiger partial charge is 0.161 e. The van der Waals surface area contributed by atoms with Crippen LogP contribution < -0.4 is 10.6 Å². The predicted octanol–water partition coefficient (Wildman–Crippen LogP) is 2.85. The Morgan fingerprint density at radius 1 is 1.35 bits per heavy atom. The summed E-state index contributed by atoms with van der Waals surface area (Å²) in [5, 5.41) is 0. The Bertz CT molecular complexity index is 629. The molecule has 0 bridgehead atoms. The summed E-state index contributed by atoms with van der Waals surface area (Å²) in [6.07, 6.45) is 3.80. The highest BCUT2D eigenvalue weighted by atomic mass is 19.1. The lowest BCUT2D eigenvalue weighted by Gasteiger charge is -2.24. The van der Waals surface area contributed by atoms with Crippen molar-refractivity contribution in [2.24, 2.45) is 0 Å². The number of nitrogen functional groups attached to an aromatic ring is 1. The molecule has 0 radical (unpaired) electrons. The van der Waals surface area contributed by atoms with Gasteiger partial charge in [0.2, 0.25) is 0 Å². The molecule has 1 saturated heterocycles. The zero-order valence-corrected chi connectivity index (χ0v) is 11.4. The van der Waals surface area contributed by atoms with Crippen molar-refractivity contribution in [1.82, 2.24) is 9.97 Å². The molecular weight excluding hydrogens is 255 g/mol. The molecule has 0 saturated carbocycles. The van der Waals surface area contributed by atoms with Crippen molar-refractivity contribution < 1.29 is 4.39 Å². The zero-order chi connectivity index (χ0) is 14.1. The highest BCUT2D eigenvalue weighted by molar-refractivity contribution is 5.62. The van der Waals surface area contributed by atoms with Gasteiger partial charge in [0, 0.05) is 24.3 Å². The largest absolute Gasteiger partial charge is 0.384 e. The summed E-state index contributed by atoms with van der Waals surface area (Å²) in [6.45, 7) is 3.04. The maximum Gasteiger partial charge on any atom is 0.161 e. The normalized spacial score (nSPS) is 18.5. The Morgan fingerprint density at radius 2 is 2.20 bits per heavy atom. The lowest BCUT2D eigenvalue weighted by atomic mass is 10.1. The molecule has 20 heavy (non-hydrogen) atoms. The first-order valence-electron chi connectivity index (χ1n) is 6.80. The van der Waals surface area contributed by atoms with E-state index in [0.29, 0.717) is 28.9 Å². The van der Waals surface area contributed by atoms with E-state index < -0.39 is 0 Å². The van der Waals surface area contributed by atoms with Gasteiger partial charge in [-0.05, 0) is 44.0 Å². The van der Waals surface area contributed by atoms with Gasteiger partial charge in [-0.3, -0.25) is 0 Å². The van der Waals surface area contributed by atoms with Crippen molar-refractivity contribution in [2.45, 2.75) is 25.8 Å². The fraction of sp³-hybridized carbons (Fsp3) is 0.333. The molecule has 1 fully saturated rings. The Morgan fingerprint density at radius 3 is 2.85 bits per heavy atom. The van der Waals surface area contributed by atoms with Crippen LogP contribution in [-0.4, -0.2) is 22.6 Å². The van der Waals surface area contributed by atoms with Crippen LogP contribution in [0.2, 0.25) is 0 Å². The standard InChI is InChI=1S/C15H17FN4/c1-10-3-2-8-20(10)13-5-4-11(9-12(13)16)15-18-7-6-14(17)19-15/h4-7,9-10H,2-3,8H2,1H3,(H2,17,18,19)/t10-/m0/s1. The molecule has 4 nitrogen and oxygen atoms in total. The number of aromatic nitrogens is 2. The summed E-state index contributed by atoms with van der Waals surface area (Å²) >= 11 is 0. The molecule has 1 aromatic heterocycles. The highest BCUT2D eigenvalue weighted by Gasteiger charge is 2.23. The van der Waals surface area contributed by atoms with E-state index in [9.17, 15) is 4.39 Å². The molecule has 0 aliphatic carbocycles. The van der Waals surface area contributed by atoms with Gasteiger partial charge in [0.1, 0.15) is 11.6 Å². The van der Waals surface area contributed by atoms with Gasteiger partial charge >= 0.3 is 0 Å². The molecule has 1 atom stereocenters. The third-order valence-electron chi connectivity index (χ3n) is 3.75. The van der Waals surface area contributed by atoms with Crippen LogP contribution in [0.4, 0.5) is 15.9 Å². The van der Waals surface area contributed by atoms with E-state index in [1.54, 1.807) is 18.3 Å². The molecule has 5 heteroatoms. The van der Waals surface area contributed by atoms with Gasteiger partial charge in [0.25, 0.3) is 0 Å². The van der Waals surface area contributed by atoms with E-state index in [2.05, 4.69) is 21.8 Å². The van der Waals surface area contributed by atoms with Crippen LogP contribution in [0.3, 0.4) is 0 Å². The van der Waals surface area contributed by atoms with Gasteiger partial charge in [-0.25, -0.2) is 14.4 Å². The van der Waals surface area contributed by atoms with Crippen LogP contribution in [0.15, 0.2) is 30.5 Å². The van der Waals surface area contributed by atoms with Crippen molar-refractivity contribution in [3.05, 3.63) is 36.3 Å². The van der Waals surface area contributed by atoms with E-state index >= 15 is 0 Å². The average molecular weight is 272 g/mol. The van der Waals surface area contributed by atoms with Gasteiger partial charge in [-0.1, -0.05) is 0 Å². The summed E-state index contributed by atoms with van der Waals surface area (Å²) in [7, 11) is 0. The highest BCUT2D eigenvalue weighted by Crippen LogP contribution is 2.30. The van der Waals surface area contributed by atoms with Crippen LogP contribution >= 0.6 is 0 Å². The fourth-order valence-electron chi connectivity index (χ4n) is 2.68. The monoisotopic (exact) mass is 272 g/mol. The van der Waals surface area contributed by atoms with Gasteiger partial charge in [-0.15, -0.1) is 0 Å². The van der Waals surface area contributed by atoms with Crippen LogP contribution in [0, 0.1) is 5.82 Å². The van der Waals surface area contributed by atoms with E-state index in [1.165, 1.54) is 6.07 Å². The minimum Gasteiger partial charge on any atom is -0.384 e. The maximum atomic E-state index is 14.3. The number of rotatable bonds is 2.